The highest BCUT2D eigenvalue weighted by Gasteiger charge is 2.22. The monoisotopic (exact) mass is 881 g/mol. The van der Waals surface area contributed by atoms with Gasteiger partial charge in [-0.3, -0.25) is 0 Å². The molecule has 0 fully saturated rings. The number of rotatable bonds is 7. The third-order valence-electron chi connectivity index (χ3n) is 13.6. The molecule has 0 amide bonds. The fourth-order valence-corrected chi connectivity index (χ4v) is 10.4. The summed E-state index contributed by atoms with van der Waals surface area (Å²) >= 11 is 0. The molecule has 0 saturated carbocycles. The molecule has 0 aliphatic rings. The minimum absolute atomic E-state index is 0.580. The molecule has 4 heterocycles. The molecule has 4 aromatic heterocycles. The number of para-hydroxylation sites is 5. The van der Waals surface area contributed by atoms with Gasteiger partial charge in [-0.2, -0.15) is 0 Å². The molecule has 322 valence electrons. The average Bonchev–Trinajstić information content (AvgIpc) is 4.08. The Morgan fingerprint density at radius 2 is 0.696 bits per heavy atom. The lowest BCUT2D eigenvalue weighted by molar-refractivity contribution is 0.669. The van der Waals surface area contributed by atoms with Gasteiger partial charge in [-0.15, -0.1) is 0 Å². The number of hydrogen-bond donors (Lipinski definition) is 0. The molecule has 69 heavy (non-hydrogen) atoms. The molecule has 6 nitrogen and oxygen atoms in total. The third-order valence-corrected chi connectivity index (χ3v) is 13.6. The van der Waals surface area contributed by atoms with Crippen LogP contribution in [-0.2, 0) is 0 Å². The second-order valence-electron chi connectivity index (χ2n) is 17.6. The number of aromatic nitrogens is 5. The first-order valence-electron chi connectivity index (χ1n) is 23.3. The third kappa shape index (κ3) is 6.30. The molecule has 0 aliphatic heterocycles. The molecule has 0 saturated heterocycles. The quantitative estimate of drug-likeness (QED) is 0.160. The maximum absolute atomic E-state index is 6.30. The second-order valence-corrected chi connectivity index (χ2v) is 17.6. The highest BCUT2D eigenvalue weighted by atomic mass is 16.3. The van der Waals surface area contributed by atoms with Gasteiger partial charge < -0.3 is 13.6 Å². The van der Waals surface area contributed by atoms with Crippen LogP contribution in [0, 0.1) is 0 Å². The summed E-state index contributed by atoms with van der Waals surface area (Å²) in [5.41, 5.74) is 15.4. The Labute approximate surface area is 396 Å². The lowest BCUT2D eigenvalue weighted by Crippen LogP contribution is -2.03. The largest absolute Gasteiger partial charge is 0.456 e. The summed E-state index contributed by atoms with van der Waals surface area (Å²) in [5.74, 6) is 1.77. The van der Waals surface area contributed by atoms with Crippen LogP contribution in [-0.4, -0.2) is 24.1 Å². The van der Waals surface area contributed by atoms with E-state index in [0.29, 0.717) is 17.5 Å². The fourth-order valence-electron chi connectivity index (χ4n) is 10.4. The maximum Gasteiger partial charge on any atom is 0.164 e. The van der Waals surface area contributed by atoms with Crippen molar-refractivity contribution in [2.24, 2.45) is 0 Å². The maximum atomic E-state index is 6.30. The van der Waals surface area contributed by atoms with Crippen LogP contribution in [0.15, 0.2) is 241 Å². The van der Waals surface area contributed by atoms with Crippen molar-refractivity contribution < 1.29 is 4.42 Å². The minimum atomic E-state index is 0.580. The van der Waals surface area contributed by atoms with Crippen molar-refractivity contribution in [3.63, 3.8) is 0 Å². The van der Waals surface area contributed by atoms with E-state index in [0.717, 1.165) is 94.3 Å². The molecule has 6 heteroatoms. The average molecular weight is 882 g/mol. The molecular weight excluding hydrogens is 843 g/mol. The van der Waals surface area contributed by atoms with E-state index in [2.05, 4.69) is 215 Å². The Hall–Kier alpha value is -9.39. The van der Waals surface area contributed by atoms with Crippen molar-refractivity contribution in [1.29, 1.82) is 0 Å². The Morgan fingerprint density at radius 3 is 1.29 bits per heavy atom. The van der Waals surface area contributed by atoms with Crippen LogP contribution in [0.5, 0.6) is 0 Å². The zero-order chi connectivity index (χ0) is 45.4. The van der Waals surface area contributed by atoms with E-state index in [9.17, 15) is 0 Å². The summed E-state index contributed by atoms with van der Waals surface area (Å²) in [6, 6.07) is 83.4. The van der Waals surface area contributed by atoms with E-state index in [-0.39, 0.29) is 0 Å². The molecule has 0 unspecified atom stereocenters. The lowest BCUT2D eigenvalue weighted by atomic mass is 9.98. The number of benzene rings is 10. The fraction of sp³-hybridized carbons (Fsp3) is 0. The molecular formula is C63H39N5O. The Bertz CT molecular complexity index is 4210. The van der Waals surface area contributed by atoms with Gasteiger partial charge in [0.2, 0.25) is 0 Å². The van der Waals surface area contributed by atoms with Gasteiger partial charge in [0.05, 0.1) is 33.4 Å². The summed E-state index contributed by atoms with van der Waals surface area (Å²) in [7, 11) is 0. The summed E-state index contributed by atoms with van der Waals surface area (Å²) in [4.78, 5) is 15.9. The van der Waals surface area contributed by atoms with Crippen LogP contribution in [0.25, 0.3) is 133 Å². The number of hydrogen-bond acceptors (Lipinski definition) is 4. The van der Waals surface area contributed by atoms with Crippen molar-refractivity contribution in [2.45, 2.75) is 0 Å². The summed E-state index contributed by atoms with van der Waals surface area (Å²) in [6.07, 6.45) is 0. The first-order chi connectivity index (χ1) is 34.2. The first-order valence-corrected chi connectivity index (χ1v) is 23.3. The summed E-state index contributed by atoms with van der Waals surface area (Å²) in [6.45, 7) is 0. The minimum Gasteiger partial charge on any atom is -0.456 e. The van der Waals surface area contributed by atoms with Gasteiger partial charge in [-0.05, 0) is 77.9 Å². The molecule has 0 atom stereocenters. The van der Waals surface area contributed by atoms with E-state index in [1.165, 1.54) is 21.5 Å². The molecule has 0 radical (unpaired) electrons. The first kappa shape index (κ1) is 38.8. The Kier molecular flexibility index (Phi) is 8.79. The highest BCUT2D eigenvalue weighted by Crippen LogP contribution is 2.42. The zero-order valence-electron chi connectivity index (χ0n) is 37.2. The SMILES string of the molecule is c1ccc(-c2nc(-c3ccc(-n4c5ccccc5c5ccccc54)c(-c4ccccc4)c3)nc(-c3ccc(-c4ccc5oc6ccccc6c5c4)c(-n4c5ccccc5c5ccccc54)c3)n2)cc1. The van der Waals surface area contributed by atoms with Gasteiger partial charge in [0.1, 0.15) is 11.2 Å². The number of nitrogens with zero attached hydrogens (tertiary/aromatic N) is 5. The van der Waals surface area contributed by atoms with Crippen molar-refractivity contribution >= 4 is 65.6 Å². The van der Waals surface area contributed by atoms with Gasteiger partial charge in [-0.1, -0.05) is 170 Å². The summed E-state index contributed by atoms with van der Waals surface area (Å²) < 4.78 is 11.1. The molecule has 0 aliphatic carbocycles. The van der Waals surface area contributed by atoms with Crippen molar-refractivity contribution in [1.82, 2.24) is 24.1 Å². The van der Waals surface area contributed by atoms with Gasteiger partial charge in [0, 0.05) is 60.1 Å². The van der Waals surface area contributed by atoms with Crippen molar-refractivity contribution in [3.05, 3.63) is 237 Å². The molecule has 0 N–H and O–H groups in total. The predicted octanol–water partition coefficient (Wildman–Crippen LogP) is 16.3. The van der Waals surface area contributed by atoms with E-state index in [1.54, 1.807) is 0 Å². The standard InChI is InChI=1S/C63H39N5O/c1-3-17-40(18-4-1)51-38-43(32-35-57(51)67-53-26-12-7-21-46(53)47-22-8-13-27-54(47)67)62-64-61(41-19-5-2-6-20-41)65-63(66-62)44-31-34-45(42-33-36-60-52(37-42)50-25-11-16-30-59(50)69-60)58(39-44)68-55-28-14-9-23-48(55)49-24-10-15-29-56(49)68/h1-39H. The molecule has 14 aromatic rings. The smallest absolute Gasteiger partial charge is 0.164 e. The number of furan rings is 1. The van der Waals surface area contributed by atoms with Crippen molar-refractivity contribution in [3.8, 4) is 67.8 Å². The van der Waals surface area contributed by atoms with Crippen LogP contribution < -0.4 is 0 Å². The van der Waals surface area contributed by atoms with Gasteiger partial charge in [0.15, 0.2) is 17.5 Å². The Morgan fingerprint density at radius 1 is 0.261 bits per heavy atom. The van der Waals surface area contributed by atoms with Crippen LogP contribution in [0.3, 0.4) is 0 Å². The van der Waals surface area contributed by atoms with E-state index < -0.39 is 0 Å². The normalized spacial score (nSPS) is 11.8. The zero-order valence-corrected chi connectivity index (χ0v) is 37.2. The van der Waals surface area contributed by atoms with Crippen molar-refractivity contribution in [2.75, 3.05) is 0 Å². The highest BCUT2D eigenvalue weighted by molar-refractivity contribution is 6.12. The molecule has 0 spiro atoms. The number of fused-ring (bicyclic) bond motifs is 9. The summed E-state index contributed by atoms with van der Waals surface area (Å²) in [5, 5.41) is 6.98. The predicted molar refractivity (Wildman–Crippen MR) is 283 cm³/mol. The van der Waals surface area contributed by atoms with E-state index in [1.807, 2.05) is 30.3 Å². The molecule has 10 aromatic carbocycles. The van der Waals surface area contributed by atoms with Crippen LogP contribution in [0.1, 0.15) is 0 Å². The van der Waals surface area contributed by atoms with E-state index in [4.69, 9.17) is 19.4 Å². The van der Waals surface area contributed by atoms with Crippen LogP contribution in [0.2, 0.25) is 0 Å². The second kappa shape index (κ2) is 15.6. The van der Waals surface area contributed by atoms with Gasteiger partial charge >= 0.3 is 0 Å². The molecule has 0 bridgehead atoms. The molecule has 14 rings (SSSR count). The van der Waals surface area contributed by atoms with Crippen LogP contribution in [0.4, 0.5) is 0 Å². The van der Waals surface area contributed by atoms with E-state index >= 15 is 0 Å². The van der Waals surface area contributed by atoms with Gasteiger partial charge in [-0.25, -0.2) is 15.0 Å². The Balaban J connectivity index is 1.00. The topological polar surface area (TPSA) is 61.7 Å². The van der Waals surface area contributed by atoms with Gasteiger partial charge in [0.25, 0.3) is 0 Å². The van der Waals surface area contributed by atoms with Crippen LogP contribution >= 0.6 is 0 Å². The lowest BCUT2D eigenvalue weighted by Gasteiger charge is -2.17.